The molecule has 1 amide bonds. The van der Waals surface area contributed by atoms with Crippen LogP contribution in [0.4, 0.5) is 0 Å². The van der Waals surface area contributed by atoms with Crippen LogP contribution in [0.5, 0.6) is 5.75 Å². The lowest BCUT2D eigenvalue weighted by atomic mass is 9.96. The van der Waals surface area contributed by atoms with Crippen LogP contribution in [0, 0.1) is 5.92 Å². The molecule has 1 aliphatic rings. The number of carbonyl (C=O) groups excluding carboxylic acids is 1. The molecule has 1 heterocycles. The van der Waals surface area contributed by atoms with Gasteiger partial charge in [0.25, 0.3) is 0 Å². The molecule has 148 valence electrons. The molecule has 2 N–H and O–H groups in total. The highest BCUT2D eigenvalue weighted by molar-refractivity contribution is 6.30. The highest BCUT2D eigenvalue weighted by atomic mass is 35.5. The lowest BCUT2D eigenvalue weighted by molar-refractivity contribution is -0.919. The van der Waals surface area contributed by atoms with E-state index in [-0.39, 0.29) is 11.8 Å². The standard InChI is InChI=1S/C22H26ClN3O2/c1-16(18-5-9-21(28-2)10-6-18)24-25-22(27)19-11-13-26(14-12-19)15-17-3-7-20(23)8-4-17/h3-10,19H,11-15H2,1-2H3,(H,25,27)/p+1/b24-16+. The number of benzene rings is 2. The number of piperidine rings is 1. The molecule has 6 heteroatoms. The van der Waals surface area contributed by atoms with Crippen molar-refractivity contribution in [3.05, 3.63) is 64.7 Å². The first-order valence-electron chi connectivity index (χ1n) is 9.61. The quantitative estimate of drug-likeness (QED) is 0.578. The van der Waals surface area contributed by atoms with Crippen molar-refractivity contribution in [2.45, 2.75) is 26.3 Å². The molecule has 0 unspecified atom stereocenters. The van der Waals surface area contributed by atoms with Crippen LogP contribution in [0.1, 0.15) is 30.9 Å². The lowest BCUT2D eigenvalue weighted by Gasteiger charge is -2.28. The van der Waals surface area contributed by atoms with Gasteiger partial charge in [0, 0.05) is 23.4 Å². The molecular formula is C22H27ClN3O2+. The SMILES string of the molecule is COc1ccc(/C(C)=N/NC(=O)C2CC[NH+](Cc3ccc(Cl)cc3)CC2)cc1. The Morgan fingerprint density at radius 1 is 1.14 bits per heavy atom. The summed E-state index contributed by atoms with van der Waals surface area (Å²) in [5, 5.41) is 5.04. The monoisotopic (exact) mass is 400 g/mol. The van der Waals surface area contributed by atoms with E-state index in [1.807, 2.05) is 43.3 Å². The zero-order valence-electron chi connectivity index (χ0n) is 16.4. The second-order valence-electron chi connectivity index (χ2n) is 7.23. The number of methoxy groups -OCH3 is 1. The van der Waals surface area contributed by atoms with E-state index in [0.717, 1.165) is 54.5 Å². The van der Waals surface area contributed by atoms with Crippen LogP contribution in [0.25, 0.3) is 0 Å². The number of quaternary nitrogens is 1. The molecule has 2 aromatic rings. The Morgan fingerprint density at radius 2 is 1.79 bits per heavy atom. The first kappa shape index (κ1) is 20.4. The zero-order chi connectivity index (χ0) is 19.9. The molecule has 1 aliphatic heterocycles. The van der Waals surface area contributed by atoms with E-state index in [1.165, 1.54) is 10.5 Å². The van der Waals surface area contributed by atoms with E-state index >= 15 is 0 Å². The van der Waals surface area contributed by atoms with Crippen molar-refractivity contribution in [2.24, 2.45) is 11.0 Å². The maximum atomic E-state index is 12.5. The Balaban J connectivity index is 1.47. The largest absolute Gasteiger partial charge is 0.497 e. The highest BCUT2D eigenvalue weighted by Gasteiger charge is 2.27. The maximum Gasteiger partial charge on any atom is 0.243 e. The van der Waals surface area contributed by atoms with E-state index in [1.54, 1.807) is 7.11 Å². The molecule has 0 saturated carbocycles. The van der Waals surface area contributed by atoms with Crippen LogP contribution in [0.3, 0.4) is 0 Å². The smallest absolute Gasteiger partial charge is 0.243 e. The van der Waals surface area contributed by atoms with Gasteiger partial charge in [0.1, 0.15) is 12.3 Å². The summed E-state index contributed by atoms with van der Waals surface area (Å²) in [7, 11) is 1.64. The molecule has 0 bridgehead atoms. The molecule has 1 saturated heterocycles. The lowest BCUT2D eigenvalue weighted by Crippen LogP contribution is -3.11. The predicted molar refractivity (Wildman–Crippen MR) is 112 cm³/mol. The molecule has 0 spiro atoms. The van der Waals surface area contributed by atoms with E-state index in [2.05, 4.69) is 22.7 Å². The number of likely N-dealkylation sites (tertiary alicyclic amines) is 1. The van der Waals surface area contributed by atoms with Crippen LogP contribution in [-0.4, -0.2) is 31.8 Å². The first-order valence-corrected chi connectivity index (χ1v) is 9.99. The van der Waals surface area contributed by atoms with Crippen LogP contribution in [0.2, 0.25) is 5.02 Å². The third kappa shape index (κ3) is 5.57. The van der Waals surface area contributed by atoms with Crippen molar-refractivity contribution in [2.75, 3.05) is 20.2 Å². The number of nitrogens with zero attached hydrogens (tertiary/aromatic N) is 1. The molecular weight excluding hydrogens is 374 g/mol. The van der Waals surface area contributed by atoms with Gasteiger partial charge < -0.3 is 9.64 Å². The number of nitrogens with one attached hydrogen (secondary N) is 2. The number of hydrogen-bond acceptors (Lipinski definition) is 3. The second-order valence-corrected chi connectivity index (χ2v) is 7.67. The van der Waals surface area contributed by atoms with Crippen molar-refractivity contribution in [3.8, 4) is 5.75 Å². The minimum absolute atomic E-state index is 0.0124. The van der Waals surface area contributed by atoms with E-state index < -0.39 is 0 Å². The van der Waals surface area contributed by atoms with Gasteiger partial charge in [-0.3, -0.25) is 4.79 Å². The molecule has 0 aliphatic carbocycles. The fraction of sp³-hybridized carbons (Fsp3) is 0.364. The first-order chi connectivity index (χ1) is 13.5. The van der Waals surface area contributed by atoms with Crippen LogP contribution < -0.4 is 15.1 Å². The summed E-state index contributed by atoms with van der Waals surface area (Å²) in [5.74, 6) is 0.841. The van der Waals surface area contributed by atoms with Gasteiger partial charge in [-0.1, -0.05) is 23.7 Å². The number of halogens is 1. The summed E-state index contributed by atoms with van der Waals surface area (Å²) in [4.78, 5) is 14.0. The van der Waals surface area contributed by atoms with Gasteiger partial charge >= 0.3 is 0 Å². The molecule has 5 nitrogen and oxygen atoms in total. The van der Waals surface area contributed by atoms with Crippen molar-refractivity contribution in [3.63, 3.8) is 0 Å². The third-order valence-electron chi connectivity index (χ3n) is 5.27. The fourth-order valence-electron chi connectivity index (χ4n) is 3.48. The number of hydrogen-bond donors (Lipinski definition) is 2. The fourth-order valence-corrected chi connectivity index (χ4v) is 3.61. The Labute approximate surface area is 171 Å². The van der Waals surface area contributed by atoms with Crippen LogP contribution in [0.15, 0.2) is 53.6 Å². The Morgan fingerprint density at radius 3 is 2.39 bits per heavy atom. The van der Waals surface area contributed by atoms with E-state index in [9.17, 15) is 4.79 Å². The molecule has 2 aromatic carbocycles. The molecule has 0 atom stereocenters. The average molecular weight is 401 g/mol. The third-order valence-corrected chi connectivity index (χ3v) is 5.52. The molecule has 0 aromatic heterocycles. The summed E-state index contributed by atoms with van der Waals surface area (Å²) >= 11 is 5.95. The summed E-state index contributed by atoms with van der Waals surface area (Å²) in [6.07, 6.45) is 1.76. The van der Waals surface area contributed by atoms with Crippen molar-refractivity contribution >= 4 is 23.2 Å². The van der Waals surface area contributed by atoms with Gasteiger partial charge in [-0.15, -0.1) is 0 Å². The minimum atomic E-state index is 0.0124. The van der Waals surface area contributed by atoms with E-state index in [0.29, 0.717) is 0 Å². The zero-order valence-corrected chi connectivity index (χ0v) is 17.1. The van der Waals surface area contributed by atoms with Gasteiger partial charge in [0.15, 0.2) is 0 Å². The summed E-state index contributed by atoms with van der Waals surface area (Å²) < 4.78 is 5.16. The Bertz CT molecular complexity index is 811. The summed E-state index contributed by atoms with van der Waals surface area (Å²) in [5.41, 5.74) is 5.76. The summed E-state index contributed by atoms with van der Waals surface area (Å²) in [6, 6.07) is 15.6. The average Bonchev–Trinajstić information content (AvgIpc) is 2.74. The number of amides is 1. The summed E-state index contributed by atoms with van der Waals surface area (Å²) in [6.45, 7) is 4.84. The molecule has 0 radical (unpaired) electrons. The van der Waals surface area contributed by atoms with Crippen molar-refractivity contribution in [1.29, 1.82) is 0 Å². The van der Waals surface area contributed by atoms with Gasteiger partial charge in [-0.05, 0) is 48.9 Å². The topological polar surface area (TPSA) is 55.1 Å². The number of ether oxygens (including phenoxy) is 1. The van der Waals surface area contributed by atoms with Gasteiger partial charge in [0.05, 0.1) is 31.8 Å². The van der Waals surface area contributed by atoms with Crippen LogP contribution in [-0.2, 0) is 11.3 Å². The second kappa shape index (κ2) is 9.71. The molecule has 28 heavy (non-hydrogen) atoms. The normalized spacial score (nSPS) is 19.9. The Hall–Kier alpha value is -2.37. The number of carbonyl (C=O) groups is 1. The minimum Gasteiger partial charge on any atom is -0.497 e. The molecule has 3 rings (SSSR count). The van der Waals surface area contributed by atoms with Gasteiger partial charge in [-0.2, -0.15) is 5.10 Å². The Kier molecular flexibility index (Phi) is 7.06. The predicted octanol–water partition coefficient (Wildman–Crippen LogP) is 2.68. The van der Waals surface area contributed by atoms with Gasteiger partial charge in [-0.25, -0.2) is 5.43 Å². The van der Waals surface area contributed by atoms with Crippen molar-refractivity contribution in [1.82, 2.24) is 5.43 Å². The molecule has 1 fully saturated rings. The van der Waals surface area contributed by atoms with Crippen LogP contribution >= 0.6 is 11.6 Å². The highest BCUT2D eigenvalue weighted by Crippen LogP contribution is 2.13. The number of hydrazone groups is 1. The maximum absolute atomic E-state index is 12.5. The number of rotatable bonds is 6. The van der Waals surface area contributed by atoms with Crippen molar-refractivity contribution < 1.29 is 14.4 Å². The van der Waals surface area contributed by atoms with E-state index in [4.69, 9.17) is 16.3 Å². The van der Waals surface area contributed by atoms with Gasteiger partial charge in [0.2, 0.25) is 5.91 Å².